The molecule has 1 heterocycles. The average molecular weight is 248 g/mol. The van der Waals surface area contributed by atoms with Crippen molar-refractivity contribution in [3.05, 3.63) is 0 Å². The third-order valence-corrected chi connectivity index (χ3v) is 3.29. The fraction of sp³-hybridized carbons (Fsp3) is 0.900. The van der Waals surface area contributed by atoms with Gasteiger partial charge in [0.25, 0.3) is 0 Å². The van der Waals surface area contributed by atoms with Crippen molar-refractivity contribution < 1.29 is 13.7 Å². The molecule has 1 amide bonds. The lowest BCUT2D eigenvalue weighted by Gasteiger charge is -2.26. The highest BCUT2D eigenvalue weighted by molar-refractivity contribution is 7.84. The van der Waals surface area contributed by atoms with Gasteiger partial charge < -0.3 is 15.0 Å². The van der Waals surface area contributed by atoms with Crippen molar-refractivity contribution >= 4 is 16.7 Å². The Morgan fingerprint density at radius 1 is 1.44 bits per heavy atom. The molecule has 6 heteroatoms. The third kappa shape index (κ3) is 5.58. The van der Waals surface area contributed by atoms with Gasteiger partial charge in [-0.15, -0.1) is 0 Å². The van der Waals surface area contributed by atoms with Crippen molar-refractivity contribution in [1.29, 1.82) is 0 Å². The minimum atomic E-state index is -0.736. The number of nitrogens with one attached hydrogen (secondary N) is 1. The van der Waals surface area contributed by atoms with Gasteiger partial charge in [-0.3, -0.25) is 9.00 Å². The summed E-state index contributed by atoms with van der Waals surface area (Å²) in [7, 11) is -0.736. The Bertz CT molecular complexity index is 242. The topological polar surface area (TPSA) is 58.6 Å². The molecule has 5 nitrogen and oxygen atoms in total. The van der Waals surface area contributed by atoms with Crippen molar-refractivity contribution in [3.63, 3.8) is 0 Å². The monoisotopic (exact) mass is 248 g/mol. The maximum atomic E-state index is 11.6. The predicted octanol–water partition coefficient (Wildman–Crippen LogP) is -0.797. The van der Waals surface area contributed by atoms with E-state index in [9.17, 15) is 9.00 Å². The normalized spacial score (nSPS) is 18.4. The number of morpholine rings is 1. The molecule has 16 heavy (non-hydrogen) atoms. The quantitative estimate of drug-likeness (QED) is 0.626. The molecule has 0 aromatic heterocycles. The summed E-state index contributed by atoms with van der Waals surface area (Å²) in [6, 6.07) is 0. The summed E-state index contributed by atoms with van der Waals surface area (Å²) >= 11 is 0. The molecular weight excluding hydrogens is 228 g/mol. The van der Waals surface area contributed by atoms with Crippen molar-refractivity contribution in [3.8, 4) is 0 Å². The summed E-state index contributed by atoms with van der Waals surface area (Å²) in [6.07, 6.45) is 2.54. The molecule has 0 aromatic carbocycles. The van der Waals surface area contributed by atoms with E-state index in [4.69, 9.17) is 4.74 Å². The van der Waals surface area contributed by atoms with Crippen LogP contribution in [0.5, 0.6) is 0 Å². The van der Waals surface area contributed by atoms with E-state index in [0.717, 1.165) is 13.0 Å². The largest absolute Gasteiger partial charge is 0.378 e. The summed E-state index contributed by atoms with van der Waals surface area (Å²) in [6.45, 7) is 3.78. The molecule has 1 aliphatic heterocycles. The number of amides is 1. The lowest BCUT2D eigenvalue weighted by atomic mass is 10.4. The van der Waals surface area contributed by atoms with E-state index in [1.54, 1.807) is 6.26 Å². The van der Waals surface area contributed by atoms with E-state index in [2.05, 4.69) is 5.32 Å². The molecule has 0 bridgehead atoms. The molecule has 0 aromatic rings. The van der Waals surface area contributed by atoms with E-state index in [1.165, 1.54) is 0 Å². The molecule has 1 N–H and O–H groups in total. The van der Waals surface area contributed by atoms with Gasteiger partial charge in [0.05, 0.1) is 19.8 Å². The number of carbonyl (C=O) groups excluding carboxylic acids is 1. The Labute approximate surface area is 99.0 Å². The van der Waals surface area contributed by atoms with Crippen LogP contribution in [0.3, 0.4) is 0 Å². The van der Waals surface area contributed by atoms with Crippen LogP contribution in [0.2, 0.25) is 0 Å². The maximum Gasteiger partial charge on any atom is 0.236 e. The summed E-state index contributed by atoms with van der Waals surface area (Å²) < 4.78 is 16.0. The van der Waals surface area contributed by atoms with Gasteiger partial charge in [0.15, 0.2) is 0 Å². The number of hydrogen-bond acceptors (Lipinski definition) is 4. The van der Waals surface area contributed by atoms with Gasteiger partial charge in [0.1, 0.15) is 0 Å². The molecule has 1 saturated heterocycles. The van der Waals surface area contributed by atoms with Gasteiger partial charge in [-0.25, -0.2) is 0 Å². The molecule has 0 spiro atoms. The number of rotatable bonds is 6. The molecule has 1 atom stereocenters. The van der Waals surface area contributed by atoms with E-state index in [0.29, 0.717) is 38.6 Å². The SMILES string of the molecule is CS(=O)CCCNCC(=O)N1CCOCC1. The van der Waals surface area contributed by atoms with Gasteiger partial charge >= 0.3 is 0 Å². The first-order valence-electron chi connectivity index (χ1n) is 5.56. The van der Waals surface area contributed by atoms with Crippen LogP contribution >= 0.6 is 0 Å². The van der Waals surface area contributed by atoms with Gasteiger partial charge in [0.2, 0.25) is 5.91 Å². The molecular formula is C10H20N2O3S. The second kappa shape index (κ2) is 7.76. The zero-order chi connectivity index (χ0) is 11.8. The van der Waals surface area contributed by atoms with E-state index in [-0.39, 0.29) is 5.91 Å². The van der Waals surface area contributed by atoms with Crippen LogP contribution < -0.4 is 5.32 Å². The molecule has 1 unspecified atom stereocenters. The Morgan fingerprint density at radius 2 is 2.12 bits per heavy atom. The van der Waals surface area contributed by atoms with Crippen molar-refractivity contribution in [1.82, 2.24) is 10.2 Å². The lowest BCUT2D eigenvalue weighted by molar-refractivity contribution is -0.134. The Hall–Kier alpha value is -0.460. The zero-order valence-electron chi connectivity index (χ0n) is 9.74. The Kier molecular flexibility index (Phi) is 6.59. The average Bonchev–Trinajstić information content (AvgIpc) is 2.29. The molecule has 1 rings (SSSR count). The first-order valence-corrected chi connectivity index (χ1v) is 7.29. The van der Waals surface area contributed by atoms with Crippen LogP contribution in [-0.4, -0.2) is 66.4 Å². The summed E-state index contributed by atoms with van der Waals surface area (Å²) in [5.41, 5.74) is 0. The van der Waals surface area contributed by atoms with Crippen LogP contribution in [0.1, 0.15) is 6.42 Å². The standard InChI is InChI=1S/C10H20N2O3S/c1-16(14)8-2-3-11-9-10(13)12-4-6-15-7-5-12/h11H,2-9H2,1H3. The zero-order valence-corrected chi connectivity index (χ0v) is 10.6. The molecule has 0 aliphatic carbocycles. The van der Waals surface area contributed by atoms with Crippen LogP contribution in [-0.2, 0) is 20.3 Å². The second-order valence-electron chi connectivity index (χ2n) is 3.80. The number of carbonyl (C=O) groups is 1. The molecule has 0 radical (unpaired) electrons. The third-order valence-electron chi connectivity index (χ3n) is 2.43. The fourth-order valence-electron chi connectivity index (χ4n) is 1.52. The Balaban J connectivity index is 2.03. The summed E-state index contributed by atoms with van der Waals surface area (Å²) in [5.74, 6) is 0.819. The van der Waals surface area contributed by atoms with E-state index < -0.39 is 10.8 Å². The minimum Gasteiger partial charge on any atom is -0.378 e. The second-order valence-corrected chi connectivity index (χ2v) is 5.36. The smallest absolute Gasteiger partial charge is 0.236 e. The van der Waals surface area contributed by atoms with Gasteiger partial charge in [-0.1, -0.05) is 0 Å². The Morgan fingerprint density at radius 3 is 2.75 bits per heavy atom. The number of hydrogen-bond donors (Lipinski definition) is 1. The van der Waals surface area contributed by atoms with Crippen LogP contribution in [0.15, 0.2) is 0 Å². The van der Waals surface area contributed by atoms with Gasteiger partial charge in [0, 0.05) is 35.9 Å². The highest BCUT2D eigenvalue weighted by atomic mass is 32.2. The molecule has 0 saturated carbocycles. The van der Waals surface area contributed by atoms with E-state index in [1.807, 2.05) is 4.90 Å². The van der Waals surface area contributed by atoms with Crippen LogP contribution in [0.4, 0.5) is 0 Å². The highest BCUT2D eigenvalue weighted by Gasteiger charge is 2.15. The van der Waals surface area contributed by atoms with Gasteiger partial charge in [-0.05, 0) is 13.0 Å². The number of nitrogens with zero attached hydrogens (tertiary/aromatic N) is 1. The van der Waals surface area contributed by atoms with Gasteiger partial charge in [-0.2, -0.15) is 0 Å². The maximum absolute atomic E-state index is 11.6. The summed E-state index contributed by atoms with van der Waals surface area (Å²) in [5, 5.41) is 3.07. The first kappa shape index (κ1) is 13.6. The lowest BCUT2D eigenvalue weighted by Crippen LogP contribution is -2.44. The highest BCUT2D eigenvalue weighted by Crippen LogP contribution is 1.96. The molecule has 1 aliphatic rings. The van der Waals surface area contributed by atoms with E-state index >= 15 is 0 Å². The van der Waals surface area contributed by atoms with Crippen molar-refractivity contribution in [2.24, 2.45) is 0 Å². The fourth-order valence-corrected chi connectivity index (χ4v) is 2.07. The molecule has 94 valence electrons. The first-order chi connectivity index (χ1) is 7.70. The summed E-state index contributed by atoms with van der Waals surface area (Å²) in [4.78, 5) is 13.5. The molecule has 1 fully saturated rings. The van der Waals surface area contributed by atoms with Crippen molar-refractivity contribution in [2.75, 3.05) is 51.4 Å². The van der Waals surface area contributed by atoms with Crippen molar-refractivity contribution in [2.45, 2.75) is 6.42 Å². The van der Waals surface area contributed by atoms with Crippen LogP contribution in [0, 0.1) is 0 Å². The minimum absolute atomic E-state index is 0.126. The number of ether oxygens (including phenoxy) is 1. The van der Waals surface area contributed by atoms with Crippen LogP contribution in [0.25, 0.3) is 0 Å². The predicted molar refractivity (Wildman–Crippen MR) is 63.8 cm³/mol.